The average Bonchev–Trinajstić information content (AvgIpc) is 2.85. The summed E-state index contributed by atoms with van der Waals surface area (Å²) < 4.78 is 32.7. The highest BCUT2D eigenvalue weighted by molar-refractivity contribution is 7.89. The van der Waals surface area contributed by atoms with Gasteiger partial charge in [-0.05, 0) is 36.2 Å². The van der Waals surface area contributed by atoms with E-state index >= 15 is 0 Å². The Balaban J connectivity index is 1.66. The summed E-state index contributed by atoms with van der Waals surface area (Å²) >= 11 is 0. The van der Waals surface area contributed by atoms with E-state index in [2.05, 4.69) is 5.32 Å². The molecule has 1 N–H and O–H groups in total. The maximum Gasteiger partial charge on any atom is 0.252 e. The van der Waals surface area contributed by atoms with Gasteiger partial charge in [0.05, 0.1) is 23.6 Å². The van der Waals surface area contributed by atoms with E-state index in [-0.39, 0.29) is 16.4 Å². The highest BCUT2D eigenvalue weighted by Crippen LogP contribution is 2.30. The Labute approximate surface area is 188 Å². The fraction of sp³-hybridized carbons (Fsp3) is 0.240. The smallest absolute Gasteiger partial charge is 0.252 e. The molecule has 3 aromatic rings. The van der Waals surface area contributed by atoms with Crippen LogP contribution in [0, 0.1) is 0 Å². The molecule has 0 bridgehead atoms. The Morgan fingerprint density at radius 3 is 2.00 bits per heavy atom. The predicted octanol–water partition coefficient (Wildman–Crippen LogP) is 3.40. The number of morpholine rings is 1. The first kappa shape index (κ1) is 22.2. The Hall–Kier alpha value is -3.00. The summed E-state index contributed by atoms with van der Waals surface area (Å²) in [5.41, 5.74) is 1.35. The third-order valence-corrected chi connectivity index (χ3v) is 7.66. The van der Waals surface area contributed by atoms with Crippen LogP contribution in [0.1, 0.15) is 28.4 Å². The van der Waals surface area contributed by atoms with Gasteiger partial charge < -0.3 is 10.1 Å². The first-order valence-corrected chi connectivity index (χ1v) is 12.0. The molecule has 7 heteroatoms. The lowest BCUT2D eigenvalue weighted by atomic mass is 9.84. The van der Waals surface area contributed by atoms with Crippen molar-refractivity contribution in [3.8, 4) is 0 Å². The third-order valence-electron chi connectivity index (χ3n) is 5.77. The van der Waals surface area contributed by atoms with Gasteiger partial charge in [0.1, 0.15) is 0 Å². The molecule has 0 saturated carbocycles. The second-order valence-corrected chi connectivity index (χ2v) is 9.79. The maximum atomic E-state index is 13.3. The molecule has 1 aliphatic rings. The van der Waals surface area contributed by atoms with E-state index < -0.39 is 15.6 Å². The molecular weight excluding hydrogens is 424 g/mol. The largest absolute Gasteiger partial charge is 0.379 e. The van der Waals surface area contributed by atoms with Crippen molar-refractivity contribution >= 4 is 15.9 Å². The predicted molar refractivity (Wildman–Crippen MR) is 123 cm³/mol. The number of carbonyl (C=O) groups excluding carboxylic acids is 1. The molecule has 32 heavy (non-hydrogen) atoms. The van der Waals surface area contributed by atoms with Crippen molar-refractivity contribution in [1.82, 2.24) is 9.62 Å². The van der Waals surface area contributed by atoms with E-state index in [1.165, 1.54) is 16.4 Å². The van der Waals surface area contributed by atoms with Crippen LogP contribution in [0.3, 0.4) is 0 Å². The molecule has 0 unspecified atom stereocenters. The highest BCUT2D eigenvalue weighted by Gasteiger charge is 2.32. The lowest BCUT2D eigenvalue weighted by Gasteiger charge is -2.32. The molecule has 4 rings (SSSR count). The zero-order chi connectivity index (χ0) is 22.6. The van der Waals surface area contributed by atoms with Crippen molar-refractivity contribution in [2.45, 2.75) is 17.4 Å². The molecule has 0 aromatic heterocycles. The van der Waals surface area contributed by atoms with Crippen molar-refractivity contribution in [1.29, 1.82) is 0 Å². The number of benzene rings is 3. The number of carbonyl (C=O) groups is 1. The van der Waals surface area contributed by atoms with Gasteiger partial charge >= 0.3 is 0 Å². The van der Waals surface area contributed by atoms with Gasteiger partial charge in [-0.25, -0.2) is 8.42 Å². The number of nitrogens with one attached hydrogen (secondary N) is 1. The number of ether oxygens (including phenoxy) is 1. The van der Waals surface area contributed by atoms with Crippen LogP contribution in [0.4, 0.5) is 0 Å². The second-order valence-electron chi connectivity index (χ2n) is 7.86. The Morgan fingerprint density at radius 2 is 1.44 bits per heavy atom. The van der Waals surface area contributed by atoms with Gasteiger partial charge in [0.15, 0.2) is 0 Å². The molecule has 3 aromatic carbocycles. The van der Waals surface area contributed by atoms with E-state index in [9.17, 15) is 13.2 Å². The second kappa shape index (κ2) is 9.24. The Bertz CT molecular complexity index is 1140. The lowest BCUT2D eigenvalue weighted by molar-refractivity contribution is 0.0730. The number of sulfonamides is 1. The topological polar surface area (TPSA) is 75.7 Å². The number of amides is 1. The fourth-order valence-electron chi connectivity index (χ4n) is 3.89. The van der Waals surface area contributed by atoms with Crippen LogP contribution in [0.5, 0.6) is 0 Å². The van der Waals surface area contributed by atoms with E-state index in [1.807, 2.05) is 67.6 Å². The SMILES string of the molecule is CC(NC(=O)c1cccc(S(=O)(=O)N2CCOCC2)c1)(c1ccccc1)c1ccccc1. The summed E-state index contributed by atoms with van der Waals surface area (Å²) in [7, 11) is -3.69. The van der Waals surface area contributed by atoms with Gasteiger partial charge in [0.25, 0.3) is 5.91 Å². The Kier molecular flexibility index (Phi) is 6.41. The molecule has 6 nitrogen and oxygen atoms in total. The van der Waals surface area contributed by atoms with Crippen molar-refractivity contribution in [2.75, 3.05) is 26.3 Å². The van der Waals surface area contributed by atoms with Gasteiger partial charge in [0, 0.05) is 18.7 Å². The van der Waals surface area contributed by atoms with Gasteiger partial charge in [-0.2, -0.15) is 4.31 Å². The van der Waals surface area contributed by atoms with E-state index in [0.29, 0.717) is 26.3 Å². The number of rotatable bonds is 6. The molecule has 1 heterocycles. The van der Waals surface area contributed by atoms with Crippen LogP contribution >= 0.6 is 0 Å². The molecule has 0 aliphatic carbocycles. The van der Waals surface area contributed by atoms with Crippen LogP contribution in [-0.2, 0) is 20.3 Å². The number of hydrogen-bond donors (Lipinski definition) is 1. The van der Waals surface area contributed by atoms with Crippen LogP contribution in [0.15, 0.2) is 89.8 Å². The molecule has 0 radical (unpaired) electrons. The molecule has 0 atom stereocenters. The summed E-state index contributed by atoms with van der Waals surface area (Å²) in [6.07, 6.45) is 0. The van der Waals surface area contributed by atoms with Crippen molar-refractivity contribution < 1.29 is 17.9 Å². The lowest BCUT2D eigenvalue weighted by Crippen LogP contribution is -2.44. The average molecular weight is 451 g/mol. The molecule has 1 fully saturated rings. The molecule has 1 amide bonds. The number of nitrogens with zero attached hydrogens (tertiary/aromatic N) is 1. The molecular formula is C25H26N2O4S. The van der Waals surface area contributed by atoms with E-state index in [1.54, 1.807) is 12.1 Å². The minimum absolute atomic E-state index is 0.105. The van der Waals surface area contributed by atoms with Gasteiger partial charge in [0.2, 0.25) is 10.0 Å². The standard InChI is InChI=1S/C25H26N2O4S/c1-25(21-10-4-2-5-11-21,22-12-6-3-7-13-22)26-24(28)20-9-8-14-23(19-20)32(29,30)27-15-17-31-18-16-27/h2-14,19H,15-18H2,1H3,(H,26,28). The highest BCUT2D eigenvalue weighted by atomic mass is 32.2. The van der Waals surface area contributed by atoms with Crippen LogP contribution in [0.2, 0.25) is 0 Å². The molecule has 166 valence electrons. The summed E-state index contributed by atoms with van der Waals surface area (Å²) in [5, 5.41) is 3.13. The summed E-state index contributed by atoms with van der Waals surface area (Å²) in [6, 6.07) is 25.6. The maximum absolute atomic E-state index is 13.3. The van der Waals surface area contributed by atoms with Crippen molar-refractivity contribution in [3.63, 3.8) is 0 Å². The normalized spacial score (nSPS) is 15.3. The van der Waals surface area contributed by atoms with E-state index in [0.717, 1.165) is 11.1 Å². The summed E-state index contributed by atoms with van der Waals surface area (Å²) in [5.74, 6) is -0.348. The van der Waals surface area contributed by atoms with Gasteiger partial charge in [-0.15, -0.1) is 0 Å². The van der Waals surface area contributed by atoms with Crippen LogP contribution in [-0.4, -0.2) is 44.9 Å². The quantitative estimate of drug-likeness (QED) is 0.625. The first-order chi connectivity index (χ1) is 15.4. The molecule has 1 saturated heterocycles. The van der Waals surface area contributed by atoms with Gasteiger partial charge in [-0.3, -0.25) is 4.79 Å². The zero-order valence-electron chi connectivity index (χ0n) is 17.9. The first-order valence-electron chi connectivity index (χ1n) is 10.5. The fourth-order valence-corrected chi connectivity index (χ4v) is 5.34. The van der Waals surface area contributed by atoms with Crippen LogP contribution < -0.4 is 5.32 Å². The zero-order valence-corrected chi connectivity index (χ0v) is 18.7. The number of hydrogen-bond acceptors (Lipinski definition) is 4. The summed E-state index contributed by atoms with van der Waals surface area (Å²) in [4.78, 5) is 13.4. The van der Waals surface area contributed by atoms with Crippen LogP contribution in [0.25, 0.3) is 0 Å². The van der Waals surface area contributed by atoms with E-state index in [4.69, 9.17) is 4.74 Å². The van der Waals surface area contributed by atoms with Crippen molar-refractivity contribution in [2.24, 2.45) is 0 Å². The Morgan fingerprint density at radius 1 is 0.875 bits per heavy atom. The molecule has 1 aliphatic heterocycles. The monoisotopic (exact) mass is 450 g/mol. The molecule has 0 spiro atoms. The third kappa shape index (κ3) is 4.46. The minimum atomic E-state index is -3.69. The minimum Gasteiger partial charge on any atom is -0.379 e. The van der Waals surface area contributed by atoms with Gasteiger partial charge in [-0.1, -0.05) is 66.7 Å². The summed E-state index contributed by atoms with van der Waals surface area (Å²) in [6.45, 7) is 3.29. The van der Waals surface area contributed by atoms with Crippen molar-refractivity contribution in [3.05, 3.63) is 102 Å².